The van der Waals surface area contributed by atoms with E-state index in [1.165, 1.54) is 17.4 Å². The largest absolute Gasteiger partial charge is 0.471 e. The lowest BCUT2D eigenvalue weighted by atomic mass is 10.2. The van der Waals surface area contributed by atoms with Crippen LogP contribution in [0.4, 0.5) is 39.3 Å². The summed E-state index contributed by atoms with van der Waals surface area (Å²) in [6.45, 7) is 2.50. The number of halogens is 7. The highest BCUT2D eigenvalue weighted by Gasteiger charge is 2.30. The number of ether oxygens (including phenoxy) is 1. The number of carbonyl (C=O) groups is 2. The van der Waals surface area contributed by atoms with Crippen molar-refractivity contribution in [2.45, 2.75) is 33.0 Å². The molecule has 47 heavy (non-hydrogen) atoms. The summed E-state index contributed by atoms with van der Waals surface area (Å²) in [6, 6.07) is 8.06. The molecule has 18 heteroatoms. The Hall–Kier alpha value is -4.54. The highest BCUT2D eigenvalue weighted by Crippen LogP contribution is 2.36. The number of H-pyrrole nitrogens is 1. The van der Waals surface area contributed by atoms with E-state index < -0.39 is 36.6 Å². The molecule has 2 aromatic carbocycles. The van der Waals surface area contributed by atoms with Gasteiger partial charge in [-0.15, -0.1) is 11.3 Å². The number of thiazole rings is 1. The number of anilines is 3. The Labute approximate surface area is 276 Å². The van der Waals surface area contributed by atoms with Gasteiger partial charge in [0, 0.05) is 12.2 Å². The lowest BCUT2D eigenvalue weighted by molar-refractivity contribution is -0.137. The van der Waals surface area contributed by atoms with Crippen LogP contribution in [0.25, 0.3) is 11.2 Å². The minimum absolute atomic E-state index is 0.00697. The molecule has 5 aromatic rings. The monoisotopic (exact) mass is 713 g/mol. The molecule has 0 spiro atoms. The van der Waals surface area contributed by atoms with E-state index in [0.717, 1.165) is 29.3 Å². The van der Waals surface area contributed by atoms with Gasteiger partial charge in [-0.2, -0.15) is 23.1 Å². The molecule has 4 N–H and O–H groups in total. The Morgan fingerprint density at radius 1 is 1.02 bits per heavy atom. The van der Waals surface area contributed by atoms with Crippen LogP contribution in [-0.2, 0) is 12.7 Å². The number of alkyl halides is 5. The third kappa shape index (κ3) is 7.89. The minimum atomic E-state index is -4.58. The number of hydrogen-bond acceptors (Lipinski definition) is 8. The SMILES string of the molecule is Cc1nc(C)c(C(=O)NCc2ccc(Cl)c(Nc3nc4nc(OCC(F)F)c(C(=O)Nc5ccc(C(F)(F)F)cc5)cc4[nH]3)c2Cl)s1. The van der Waals surface area contributed by atoms with Crippen LogP contribution in [0.2, 0.25) is 10.0 Å². The molecular formula is C29H22Cl2F5N7O3S. The fraction of sp³-hybridized carbons (Fsp3) is 0.207. The molecule has 246 valence electrons. The number of aryl methyl sites for hydroxylation is 2. The molecule has 0 unspecified atom stereocenters. The first-order valence-corrected chi connectivity index (χ1v) is 15.0. The first-order valence-electron chi connectivity index (χ1n) is 13.5. The van der Waals surface area contributed by atoms with E-state index in [-0.39, 0.29) is 56.5 Å². The molecule has 3 heterocycles. The molecule has 0 atom stereocenters. The zero-order valence-corrected chi connectivity index (χ0v) is 26.5. The van der Waals surface area contributed by atoms with Crippen molar-refractivity contribution in [3.63, 3.8) is 0 Å². The smallest absolute Gasteiger partial charge is 0.416 e. The normalized spacial score (nSPS) is 11.6. The number of aromatic amines is 1. The van der Waals surface area contributed by atoms with Crippen LogP contribution in [0.5, 0.6) is 5.88 Å². The Morgan fingerprint density at radius 3 is 2.38 bits per heavy atom. The standard InChI is InChI=1S/C29H22Cl2F5N7O3S/c1-12-23(47-13(2)38-12)26(45)37-10-14-3-8-18(30)22(21(14)31)41-28-40-19-9-17(27(42-24(19)43-28)46-11-20(32)33)25(44)39-16-6-4-15(5-7-16)29(34,35)36/h3-9,20H,10-11H2,1-2H3,(H,37,45)(H,39,44)(H2,40,41,42,43). The Bertz CT molecular complexity index is 1970. The van der Waals surface area contributed by atoms with Gasteiger partial charge >= 0.3 is 6.18 Å². The first-order chi connectivity index (χ1) is 22.2. The molecule has 0 aliphatic carbocycles. The van der Waals surface area contributed by atoms with Crippen molar-refractivity contribution < 1.29 is 36.3 Å². The van der Waals surface area contributed by atoms with Crippen LogP contribution in [0.3, 0.4) is 0 Å². The summed E-state index contributed by atoms with van der Waals surface area (Å²) >= 11 is 14.3. The second kappa shape index (κ2) is 13.7. The highest BCUT2D eigenvalue weighted by atomic mass is 35.5. The quantitative estimate of drug-likeness (QED) is 0.108. The van der Waals surface area contributed by atoms with Gasteiger partial charge in [0.2, 0.25) is 11.8 Å². The van der Waals surface area contributed by atoms with Gasteiger partial charge < -0.3 is 25.7 Å². The fourth-order valence-corrected chi connectivity index (χ4v) is 5.67. The van der Waals surface area contributed by atoms with Gasteiger partial charge in [0.15, 0.2) is 12.3 Å². The average Bonchev–Trinajstić information content (AvgIpc) is 3.57. The first kappa shape index (κ1) is 33.8. The molecule has 0 bridgehead atoms. The summed E-state index contributed by atoms with van der Waals surface area (Å²) in [5, 5.41) is 9.25. The highest BCUT2D eigenvalue weighted by molar-refractivity contribution is 7.13. The predicted molar refractivity (Wildman–Crippen MR) is 167 cm³/mol. The maximum atomic E-state index is 13.1. The number of rotatable bonds is 10. The topological polar surface area (TPSA) is 134 Å². The van der Waals surface area contributed by atoms with Crippen LogP contribution in [0.15, 0.2) is 42.5 Å². The van der Waals surface area contributed by atoms with Gasteiger partial charge in [-0.3, -0.25) is 9.59 Å². The van der Waals surface area contributed by atoms with Crippen LogP contribution in [-0.4, -0.2) is 44.8 Å². The summed E-state index contributed by atoms with van der Waals surface area (Å²) in [6.07, 6.45) is -7.47. The van der Waals surface area contributed by atoms with E-state index >= 15 is 0 Å². The molecule has 10 nitrogen and oxygen atoms in total. The molecule has 0 aliphatic rings. The van der Waals surface area contributed by atoms with E-state index in [1.807, 2.05) is 0 Å². The summed E-state index contributed by atoms with van der Waals surface area (Å²) in [5.41, 5.74) is 0.267. The Morgan fingerprint density at radius 2 is 1.74 bits per heavy atom. The van der Waals surface area contributed by atoms with Crippen molar-refractivity contribution in [1.29, 1.82) is 0 Å². The number of imidazole rings is 1. The molecule has 0 saturated heterocycles. The fourth-order valence-electron chi connectivity index (χ4n) is 4.30. The molecule has 0 radical (unpaired) electrons. The van der Waals surface area contributed by atoms with Crippen molar-refractivity contribution in [2.24, 2.45) is 0 Å². The van der Waals surface area contributed by atoms with Crippen LogP contribution >= 0.6 is 34.5 Å². The lowest BCUT2D eigenvalue weighted by Crippen LogP contribution is -2.22. The third-order valence-electron chi connectivity index (χ3n) is 6.46. The number of benzene rings is 2. The minimum Gasteiger partial charge on any atom is -0.471 e. The zero-order chi connectivity index (χ0) is 34.0. The maximum Gasteiger partial charge on any atom is 0.416 e. The molecule has 3 aromatic heterocycles. The number of carbonyl (C=O) groups excluding carboxylic acids is 2. The van der Waals surface area contributed by atoms with Crippen LogP contribution in [0.1, 0.15) is 41.9 Å². The Kier molecular flexibility index (Phi) is 9.84. The number of pyridine rings is 1. The van der Waals surface area contributed by atoms with Gasteiger partial charge in [0.25, 0.3) is 18.2 Å². The van der Waals surface area contributed by atoms with E-state index in [9.17, 15) is 31.5 Å². The number of aromatic nitrogens is 4. The van der Waals surface area contributed by atoms with Crippen LogP contribution < -0.4 is 20.7 Å². The van der Waals surface area contributed by atoms with Crippen molar-refractivity contribution in [2.75, 3.05) is 17.2 Å². The van der Waals surface area contributed by atoms with E-state index in [4.69, 9.17) is 27.9 Å². The van der Waals surface area contributed by atoms with Crippen molar-refractivity contribution in [3.8, 4) is 5.88 Å². The second-order valence-corrected chi connectivity index (χ2v) is 11.9. The van der Waals surface area contributed by atoms with Gasteiger partial charge in [0.1, 0.15) is 10.4 Å². The molecule has 5 rings (SSSR count). The number of hydrogen-bond donors (Lipinski definition) is 4. The van der Waals surface area contributed by atoms with Crippen molar-refractivity contribution in [3.05, 3.63) is 84.8 Å². The lowest BCUT2D eigenvalue weighted by Gasteiger charge is -2.13. The molecule has 0 fully saturated rings. The summed E-state index contributed by atoms with van der Waals surface area (Å²) in [5.74, 6) is -1.65. The molecule has 0 saturated carbocycles. The number of amides is 2. The van der Waals surface area contributed by atoms with E-state index in [0.29, 0.717) is 16.1 Å². The van der Waals surface area contributed by atoms with E-state index in [2.05, 4.69) is 35.9 Å². The van der Waals surface area contributed by atoms with Gasteiger partial charge in [-0.05, 0) is 55.8 Å². The van der Waals surface area contributed by atoms with Crippen molar-refractivity contribution in [1.82, 2.24) is 25.3 Å². The molecule has 0 aliphatic heterocycles. The summed E-state index contributed by atoms with van der Waals surface area (Å²) in [7, 11) is 0. The number of nitrogens with zero attached hydrogens (tertiary/aromatic N) is 3. The molecular weight excluding hydrogens is 692 g/mol. The second-order valence-electron chi connectivity index (χ2n) is 9.88. The summed E-state index contributed by atoms with van der Waals surface area (Å²) in [4.78, 5) is 41.8. The van der Waals surface area contributed by atoms with Crippen LogP contribution in [0, 0.1) is 13.8 Å². The molecule has 2 amide bonds. The summed E-state index contributed by atoms with van der Waals surface area (Å²) < 4.78 is 69.8. The number of fused-ring (bicyclic) bond motifs is 1. The zero-order valence-electron chi connectivity index (χ0n) is 24.2. The average molecular weight is 715 g/mol. The van der Waals surface area contributed by atoms with E-state index in [1.54, 1.807) is 26.0 Å². The third-order valence-corrected chi connectivity index (χ3v) is 8.28. The predicted octanol–water partition coefficient (Wildman–Crippen LogP) is 7.93. The number of nitrogens with one attached hydrogen (secondary N) is 4. The van der Waals surface area contributed by atoms with Gasteiger partial charge in [0.05, 0.1) is 37.5 Å². The maximum absolute atomic E-state index is 13.1. The van der Waals surface area contributed by atoms with Gasteiger partial charge in [-0.1, -0.05) is 29.3 Å². The Balaban J connectivity index is 1.39. The van der Waals surface area contributed by atoms with Gasteiger partial charge in [-0.25, -0.2) is 13.8 Å². The van der Waals surface area contributed by atoms with Crippen molar-refractivity contribution >= 4 is 74.8 Å².